The molecule has 0 aromatic heterocycles. The molecule has 0 spiro atoms. The Labute approximate surface area is 94.3 Å². The summed E-state index contributed by atoms with van der Waals surface area (Å²) < 4.78 is 4.76. The molecule has 1 aliphatic heterocycles. The van der Waals surface area contributed by atoms with Crippen LogP contribution in [-0.4, -0.2) is 18.7 Å². The van der Waals surface area contributed by atoms with Crippen molar-refractivity contribution in [1.29, 1.82) is 0 Å². The number of ether oxygens (including phenoxy) is 1. The summed E-state index contributed by atoms with van der Waals surface area (Å²) in [6.07, 6.45) is 4.85. The van der Waals surface area contributed by atoms with E-state index in [4.69, 9.17) is 4.74 Å². The van der Waals surface area contributed by atoms with Crippen molar-refractivity contribution in [2.24, 2.45) is 0 Å². The minimum atomic E-state index is 0. The molecule has 0 aromatic rings. The van der Waals surface area contributed by atoms with Crippen LogP contribution in [0.25, 0.3) is 5.32 Å². The first-order chi connectivity index (χ1) is 5.63. The van der Waals surface area contributed by atoms with E-state index in [-0.39, 0.29) is 18.9 Å². The first-order valence-electron chi connectivity index (χ1n) is 4.59. The van der Waals surface area contributed by atoms with Crippen LogP contribution in [0.1, 0.15) is 34.1 Å². The van der Waals surface area contributed by atoms with Crippen molar-refractivity contribution < 1.29 is 23.6 Å². The zero-order valence-electron chi connectivity index (χ0n) is 9.58. The number of rotatable bonds is 2. The fourth-order valence-electron chi connectivity index (χ4n) is 0.936. The van der Waals surface area contributed by atoms with Gasteiger partial charge in [-0.3, -0.25) is 0 Å². The van der Waals surface area contributed by atoms with Crippen LogP contribution in [-0.2, 0) is 4.74 Å². The normalized spacial score (nSPS) is 13.4. The number of hydrogen-bond acceptors (Lipinski definition) is 1. The molecule has 2 nitrogen and oxygen atoms in total. The zero-order valence-corrected chi connectivity index (χ0v) is 9.58. The van der Waals surface area contributed by atoms with Gasteiger partial charge < -0.3 is 10.1 Å². The van der Waals surface area contributed by atoms with Crippen LogP contribution in [0.15, 0.2) is 12.3 Å². The molecule has 1 heterocycles. The molecule has 1 rings (SSSR count). The van der Waals surface area contributed by atoms with Crippen LogP contribution >= 0.6 is 0 Å². The van der Waals surface area contributed by atoms with Crippen molar-refractivity contribution in [3.8, 4) is 0 Å². The summed E-state index contributed by atoms with van der Waals surface area (Å²) >= 11 is 0. The van der Waals surface area contributed by atoms with Gasteiger partial charge in [-0.2, -0.15) is 0 Å². The maximum Gasteiger partial charge on any atom is 1.00 e. The molecule has 0 saturated carbocycles. The Hall–Kier alpha value is 0.0974. The summed E-state index contributed by atoms with van der Waals surface area (Å²) in [5.41, 5.74) is 0. The van der Waals surface area contributed by atoms with Crippen LogP contribution in [0.2, 0.25) is 0 Å². The van der Waals surface area contributed by atoms with Crippen LogP contribution < -0.4 is 18.9 Å². The maximum absolute atomic E-state index is 4.76. The molecule has 0 unspecified atom stereocenters. The molecule has 0 amide bonds. The summed E-state index contributed by atoms with van der Waals surface area (Å²) in [6.45, 7) is 9.28. The van der Waals surface area contributed by atoms with Crippen molar-refractivity contribution in [2.75, 3.05) is 6.61 Å². The van der Waals surface area contributed by atoms with E-state index in [1.54, 1.807) is 6.26 Å². The van der Waals surface area contributed by atoms with Crippen molar-refractivity contribution >= 4 is 0 Å². The molecule has 13 heavy (non-hydrogen) atoms. The summed E-state index contributed by atoms with van der Waals surface area (Å²) in [4.78, 5) is 0. The van der Waals surface area contributed by atoms with Crippen LogP contribution in [0, 0.1) is 0 Å². The summed E-state index contributed by atoms with van der Waals surface area (Å²) in [7, 11) is 0. The average Bonchev–Trinajstić information content (AvgIpc) is 2.36. The number of nitrogens with zero attached hydrogens (tertiary/aromatic N) is 1. The van der Waals surface area contributed by atoms with Gasteiger partial charge in [0.1, 0.15) is 0 Å². The predicted molar refractivity (Wildman–Crippen MR) is 53.3 cm³/mol. The van der Waals surface area contributed by atoms with Crippen molar-refractivity contribution in [1.82, 2.24) is 0 Å². The minimum Gasteiger partial charge on any atom is -0.658 e. The smallest absolute Gasteiger partial charge is 0.658 e. The third kappa shape index (κ3) is 14.9. The Morgan fingerprint density at radius 1 is 1.15 bits per heavy atom. The van der Waals surface area contributed by atoms with Gasteiger partial charge in [-0.15, -0.1) is 12.1 Å². The van der Waals surface area contributed by atoms with Gasteiger partial charge in [0.05, 0.1) is 12.9 Å². The molecule has 0 bridgehead atoms. The number of hydrogen-bond donors (Lipinski definition) is 0. The third-order valence-electron chi connectivity index (χ3n) is 1.19. The Kier molecular flexibility index (Phi) is 12.2. The SMILES string of the molecule is C1=COCC1.CC(C)[N-]C(C)C.[Li+]. The Morgan fingerprint density at radius 2 is 1.69 bits per heavy atom. The minimum absolute atomic E-state index is 0. The van der Waals surface area contributed by atoms with Gasteiger partial charge in [-0.1, -0.05) is 27.7 Å². The zero-order chi connectivity index (χ0) is 9.40. The molecule has 0 radical (unpaired) electrons. The predicted octanol–water partition coefficient (Wildman–Crippen LogP) is 0.101. The molecule has 0 saturated heterocycles. The monoisotopic (exact) mass is 177 g/mol. The van der Waals surface area contributed by atoms with E-state index in [1.807, 2.05) is 6.08 Å². The first kappa shape index (κ1) is 15.6. The second kappa shape index (κ2) is 10.2. The molecule has 0 fully saturated rings. The molecule has 0 aliphatic carbocycles. The molecule has 3 heteroatoms. The summed E-state index contributed by atoms with van der Waals surface area (Å²) in [5, 5.41) is 4.28. The van der Waals surface area contributed by atoms with Crippen molar-refractivity contribution in [2.45, 2.75) is 46.2 Å². The van der Waals surface area contributed by atoms with Crippen LogP contribution in [0.4, 0.5) is 0 Å². The van der Waals surface area contributed by atoms with Crippen molar-refractivity contribution in [3.63, 3.8) is 0 Å². The van der Waals surface area contributed by atoms with Gasteiger partial charge in [0.25, 0.3) is 0 Å². The molecular weight excluding hydrogens is 157 g/mol. The summed E-state index contributed by atoms with van der Waals surface area (Å²) in [5.74, 6) is 0. The second-order valence-corrected chi connectivity index (χ2v) is 3.37. The summed E-state index contributed by atoms with van der Waals surface area (Å²) in [6, 6.07) is 1.000. The molecule has 0 N–H and O–H groups in total. The van der Waals surface area contributed by atoms with Gasteiger partial charge in [-0.25, -0.2) is 0 Å². The molecule has 0 atom stereocenters. The Morgan fingerprint density at radius 3 is 1.77 bits per heavy atom. The maximum atomic E-state index is 4.76. The third-order valence-corrected chi connectivity index (χ3v) is 1.19. The molecule has 0 aromatic carbocycles. The average molecular weight is 177 g/mol. The van der Waals surface area contributed by atoms with E-state index in [2.05, 4.69) is 33.0 Å². The van der Waals surface area contributed by atoms with E-state index in [0.717, 1.165) is 13.0 Å². The van der Waals surface area contributed by atoms with Crippen molar-refractivity contribution in [3.05, 3.63) is 17.7 Å². The van der Waals surface area contributed by atoms with Crippen LogP contribution in [0.3, 0.4) is 0 Å². The van der Waals surface area contributed by atoms with Gasteiger partial charge >= 0.3 is 18.9 Å². The largest absolute Gasteiger partial charge is 1.00 e. The van der Waals surface area contributed by atoms with E-state index in [1.165, 1.54) is 0 Å². The molecular formula is C10H20LiNO. The standard InChI is InChI=1S/C6H14N.C4H6O.Li/c1-5(2)7-6(3)4;1-2-4-5-3-1;/h5-6H,1-4H3;1,3H,2,4H2;/q-1;;+1. The fourth-order valence-corrected chi connectivity index (χ4v) is 0.936. The van der Waals surface area contributed by atoms with Gasteiger partial charge in [-0.05, 0) is 6.08 Å². The van der Waals surface area contributed by atoms with E-state index >= 15 is 0 Å². The van der Waals surface area contributed by atoms with Gasteiger partial charge in [0.2, 0.25) is 0 Å². The first-order valence-corrected chi connectivity index (χ1v) is 4.59. The van der Waals surface area contributed by atoms with Gasteiger partial charge in [0, 0.05) is 6.42 Å². The second-order valence-electron chi connectivity index (χ2n) is 3.37. The van der Waals surface area contributed by atoms with Gasteiger partial charge in [0.15, 0.2) is 0 Å². The Bertz CT molecular complexity index is 112. The van der Waals surface area contributed by atoms with E-state index < -0.39 is 0 Å². The van der Waals surface area contributed by atoms with E-state index in [9.17, 15) is 0 Å². The van der Waals surface area contributed by atoms with E-state index in [0.29, 0.717) is 12.1 Å². The Balaban J connectivity index is 0. The molecule has 72 valence electrons. The quantitative estimate of drug-likeness (QED) is 0.549. The molecule has 1 aliphatic rings. The van der Waals surface area contributed by atoms with Crippen LogP contribution in [0.5, 0.6) is 0 Å². The fraction of sp³-hybridized carbons (Fsp3) is 0.800. The topological polar surface area (TPSA) is 23.3 Å².